The first-order chi connectivity index (χ1) is 12.0. The largest absolute Gasteiger partial charge is 0.475 e. The summed E-state index contributed by atoms with van der Waals surface area (Å²) in [6.45, 7) is 1.59. The number of amidine groups is 1. The molecule has 2 rings (SSSR count). The monoisotopic (exact) mass is 379 g/mol. The second-order valence-corrected chi connectivity index (χ2v) is 6.55. The van der Waals surface area contributed by atoms with Crippen LogP contribution < -0.4 is 11.5 Å². The molecule has 150 valence electrons. The Kier molecular flexibility index (Phi) is 6.52. The fourth-order valence-electron chi connectivity index (χ4n) is 3.02. The number of hydrogen-bond acceptors (Lipinski definition) is 10. The first kappa shape index (κ1) is 20.9. The predicted octanol–water partition coefficient (Wildman–Crippen LogP) is -4.54. The number of rotatable bonds is 3. The van der Waals surface area contributed by atoms with Crippen LogP contribution in [-0.2, 0) is 14.3 Å². The first-order valence-electron chi connectivity index (χ1n) is 8.08. The highest BCUT2D eigenvalue weighted by Crippen LogP contribution is 2.29. The van der Waals surface area contributed by atoms with Crippen molar-refractivity contribution in [1.29, 1.82) is 0 Å². The Hall–Kier alpha value is -1.38. The van der Waals surface area contributed by atoms with Crippen LogP contribution >= 0.6 is 0 Å². The van der Waals surface area contributed by atoms with Crippen LogP contribution in [0.2, 0.25) is 0 Å². The van der Waals surface area contributed by atoms with Crippen molar-refractivity contribution in [3.05, 3.63) is 0 Å². The minimum Gasteiger partial charge on any atom is -0.475 e. The molecule has 10 N–H and O–H groups in total. The zero-order valence-electron chi connectivity index (χ0n) is 14.0. The molecule has 12 nitrogen and oxygen atoms in total. The number of carbonyl (C=O) groups is 1. The van der Waals surface area contributed by atoms with E-state index in [1.54, 1.807) is 6.92 Å². The van der Waals surface area contributed by atoms with Crippen molar-refractivity contribution in [2.24, 2.45) is 16.5 Å². The zero-order valence-corrected chi connectivity index (χ0v) is 14.0. The smallest absolute Gasteiger partial charge is 0.370 e. The average molecular weight is 379 g/mol. The Balaban J connectivity index is 2.07. The first-order valence-corrected chi connectivity index (χ1v) is 8.08. The lowest BCUT2D eigenvalue weighted by Gasteiger charge is -2.45. The predicted molar refractivity (Wildman–Crippen MR) is 84.9 cm³/mol. The molecule has 0 spiro atoms. The van der Waals surface area contributed by atoms with Gasteiger partial charge in [-0.05, 0) is 13.3 Å². The van der Waals surface area contributed by atoms with Gasteiger partial charge in [-0.15, -0.1) is 0 Å². The molecule has 12 heteroatoms. The maximum atomic E-state index is 10.8. The summed E-state index contributed by atoms with van der Waals surface area (Å²) in [5, 5.41) is 57.8. The van der Waals surface area contributed by atoms with Crippen LogP contribution in [-0.4, -0.2) is 104 Å². The maximum absolute atomic E-state index is 10.8. The molecule has 0 radical (unpaired) electrons. The number of aliphatic hydroxyl groups is 5. The summed E-state index contributed by atoms with van der Waals surface area (Å²) in [4.78, 5) is 14.6. The summed E-state index contributed by atoms with van der Waals surface area (Å²) in [6.07, 6.45) is -11.7. The molecule has 1 heterocycles. The summed E-state index contributed by atoms with van der Waals surface area (Å²) in [6, 6.07) is -1.46. The van der Waals surface area contributed by atoms with E-state index in [0.717, 1.165) is 0 Å². The van der Waals surface area contributed by atoms with Gasteiger partial charge in [0, 0.05) is 0 Å². The van der Waals surface area contributed by atoms with E-state index < -0.39 is 72.9 Å². The molecule has 0 aromatic carbocycles. The third-order valence-corrected chi connectivity index (χ3v) is 4.64. The Morgan fingerprint density at radius 1 is 1.08 bits per heavy atom. The number of aliphatic imine (C=N–C) groups is 1. The molecule has 0 amide bonds. The van der Waals surface area contributed by atoms with Gasteiger partial charge in [0.25, 0.3) is 0 Å². The van der Waals surface area contributed by atoms with Gasteiger partial charge in [0.2, 0.25) is 5.84 Å². The van der Waals surface area contributed by atoms with Crippen LogP contribution in [0.25, 0.3) is 0 Å². The third kappa shape index (κ3) is 4.13. The summed E-state index contributed by atoms with van der Waals surface area (Å²) < 4.78 is 11.0. The van der Waals surface area contributed by atoms with E-state index in [1.165, 1.54) is 0 Å². The lowest BCUT2D eigenvalue weighted by atomic mass is 9.84. The minimum atomic E-state index is -1.74. The highest BCUT2D eigenvalue weighted by Gasteiger charge is 2.50. The van der Waals surface area contributed by atoms with Crippen molar-refractivity contribution in [3.63, 3.8) is 0 Å². The molecule has 1 aliphatic carbocycles. The topological polar surface area (TPSA) is 221 Å². The van der Waals surface area contributed by atoms with Gasteiger partial charge < -0.3 is 51.6 Å². The number of aliphatic carboxylic acids is 1. The second kappa shape index (κ2) is 8.10. The second-order valence-electron chi connectivity index (χ2n) is 6.55. The SMILES string of the molecule is C[C@H]1O[C@H](OC2[C@H](O)[C@@H](O)C(O)[C@H](O)[C@H]2O)[C@@H](N)C[C@@H]1N=C(N)C(=O)O. The van der Waals surface area contributed by atoms with Gasteiger partial charge in [-0.3, -0.25) is 4.99 Å². The molecule has 2 aliphatic rings. The van der Waals surface area contributed by atoms with E-state index >= 15 is 0 Å². The van der Waals surface area contributed by atoms with Crippen LogP contribution in [0.4, 0.5) is 0 Å². The lowest BCUT2D eigenvalue weighted by Crippen LogP contribution is -2.66. The Morgan fingerprint density at radius 3 is 2.08 bits per heavy atom. The minimum absolute atomic E-state index is 0.145. The molecular weight excluding hydrogens is 354 g/mol. The molecule has 1 aliphatic heterocycles. The summed E-state index contributed by atoms with van der Waals surface area (Å²) in [5.74, 6) is -1.96. The van der Waals surface area contributed by atoms with Crippen molar-refractivity contribution in [1.82, 2.24) is 0 Å². The van der Waals surface area contributed by atoms with E-state index in [4.69, 9.17) is 26.0 Å². The fourth-order valence-corrected chi connectivity index (χ4v) is 3.02. The molecule has 1 saturated heterocycles. The van der Waals surface area contributed by atoms with Crippen molar-refractivity contribution in [2.75, 3.05) is 0 Å². The molecule has 8 atom stereocenters. The quantitative estimate of drug-likeness (QED) is 0.172. The highest BCUT2D eigenvalue weighted by atomic mass is 16.7. The highest BCUT2D eigenvalue weighted by molar-refractivity contribution is 6.33. The maximum Gasteiger partial charge on any atom is 0.370 e. The molecule has 1 saturated carbocycles. The van der Waals surface area contributed by atoms with Gasteiger partial charge in [0.15, 0.2) is 6.29 Å². The van der Waals surface area contributed by atoms with Gasteiger partial charge >= 0.3 is 5.97 Å². The van der Waals surface area contributed by atoms with Crippen LogP contribution in [0.3, 0.4) is 0 Å². The number of carboxylic acid groups (broad SMARTS) is 1. The Bertz CT molecular complexity index is 532. The van der Waals surface area contributed by atoms with Crippen molar-refractivity contribution in [2.45, 2.75) is 74.4 Å². The zero-order chi connectivity index (χ0) is 19.8. The van der Waals surface area contributed by atoms with E-state index in [1.807, 2.05) is 0 Å². The molecule has 0 aromatic heterocycles. The number of ether oxygens (including phenoxy) is 2. The van der Waals surface area contributed by atoms with E-state index in [-0.39, 0.29) is 6.42 Å². The van der Waals surface area contributed by atoms with Crippen LogP contribution in [0.5, 0.6) is 0 Å². The molecule has 2 fully saturated rings. The van der Waals surface area contributed by atoms with Crippen LogP contribution in [0.1, 0.15) is 13.3 Å². The molecule has 0 aromatic rings. The number of hydrogen-bond donors (Lipinski definition) is 8. The Labute approximate surface area is 148 Å². The van der Waals surface area contributed by atoms with Crippen LogP contribution in [0.15, 0.2) is 4.99 Å². The van der Waals surface area contributed by atoms with Gasteiger partial charge in [-0.2, -0.15) is 0 Å². The van der Waals surface area contributed by atoms with Gasteiger partial charge in [0.1, 0.15) is 36.6 Å². The van der Waals surface area contributed by atoms with E-state index in [0.29, 0.717) is 0 Å². The van der Waals surface area contributed by atoms with Crippen molar-refractivity contribution >= 4 is 11.8 Å². The number of aliphatic hydroxyl groups excluding tert-OH is 5. The summed E-state index contributed by atoms with van der Waals surface area (Å²) in [7, 11) is 0. The molecule has 0 bridgehead atoms. The molecule has 26 heavy (non-hydrogen) atoms. The standard InChI is InChI=1S/C14H25N3O9/c1-3-5(17-12(16)13(23)24)2-4(15)14(25-3)26-11-9(21)7(19)6(18)8(20)10(11)22/h3-11,14,18-22H,2,15H2,1H3,(H2,16,17)(H,23,24)/t3-,4+,5+,6?,7+,8+,9-,10-,11?,14-/m1/s1. The van der Waals surface area contributed by atoms with Crippen molar-refractivity contribution < 1.29 is 44.9 Å². The average Bonchev–Trinajstić information content (AvgIpc) is 2.58. The number of nitrogens with zero attached hydrogens (tertiary/aromatic N) is 1. The number of nitrogens with two attached hydrogens (primary N) is 2. The normalized spacial score (nSPS) is 47.6. The number of carboxylic acids is 1. The van der Waals surface area contributed by atoms with Gasteiger partial charge in [-0.25, -0.2) is 4.79 Å². The van der Waals surface area contributed by atoms with Gasteiger partial charge in [0.05, 0.1) is 18.2 Å². The Morgan fingerprint density at radius 2 is 1.58 bits per heavy atom. The van der Waals surface area contributed by atoms with Gasteiger partial charge in [-0.1, -0.05) is 0 Å². The molecule has 0 unspecified atom stereocenters. The van der Waals surface area contributed by atoms with Crippen LogP contribution in [0, 0.1) is 0 Å². The summed E-state index contributed by atoms with van der Waals surface area (Å²) >= 11 is 0. The van der Waals surface area contributed by atoms with E-state index in [2.05, 4.69) is 4.99 Å². The van der Waals surface area contributed by atoms with E-state index in [9.17, 15) is 30.3 Å². The lowest BCUT2D eigenvalue weighted by molar-refractivity contribution is -0.293. The summed E-state index contributed by atoms with van der Waals surface area (Å²) in [5.41, 5.74) is 11.2. The van der Waals surface area contributed by atoms with Crippen molar-refractivity contribution in [3.8, 4) is 0 Å². The molecular formula is C14H25N3O9. The third-order valence-electron chi connectivity index (χ3n) is 4.64. The fraction of sp³-hybridized carbons (Fsp3) is 0.857.